The maximum Gasteiger partial charge on any atom is 0.227 e. The second-order valence-electron chi connectivity index (χ2n) is 2.58. The third kappa shape index (κ3) is 3.73. The van der Waals surface area contributed by atoms with E-state index in [4.69, 9.17) is 14.4 Å². The Hall–Kier alpha value is 0.0400. The molecule has 0 radical (unpaired) electrons. The molecule has 13 heavy (non-hydrogen) atoms. The number of rotatable bonds is 6. The summed E-state index contributed by atoms with van der Waals surface area (Å²) >= 11 is 0. The zero-order valence-electron chi connectivity index (χ0n) is 8.04. The minimum absolute atomic E-state index is 0.228. The Morgan fingerprint density at radius 2 is 1.85 bits per heavy atom. The molecule has 0 aromatic carbocycles. The molecule has 0 bridgehead atoms. The van der Waals surface area contributed by atoms with Crippen molar-refractivity contribution in [2.75, 3.05) is 13.2 Å². The van der Waals surface area contributed by atoms with Gasteiger partial charge in [-0.15, -0.1) is 0 Å². The van der Waals surface area contributed by atoms with Gasteiger partial charge in [-0.05, 0) is 20.8 Å². The van der Waals surface area contributed by atoms with Gasteiger partial charge in [-0.3, -0.25) is 4.57 Å². The molecule has 0 spiro atoms. The fourth-order valence-electron chi connectivity index (χ4n) is 0.985. The van der Waals surface area contributed by atoms with Gasteiger partial charge in [-0.1, -0.05) is 0 Å². The van der Waals surface area contributed by atoms with Gasteiger partial charge in [0, 0.05) is 13.2 Å². The van der Waals surface area contributed by atoms with Crippen LogP contribution in [0, 0.1) is 0 Å². The van der Waals surface area contributed by atoms with Crippen molar-refractivity contribution < 1.29 is 23.3 Å². The van der Waals surface area contributed by atoms with E-state index in [9.17, 15) is 8.96 Å². The number of hydrogen-bond acceptors (Lipinski definition) is 3. The molecule has 0 amide bonds. The topological polar surface area (TPSA) is 55.8 Å². The van der Waals surface area contributed by atoms with Crippen molar-refractivity contribution >= 4 is 8.03 Å². The summed E-state index contributed by atoms with van der Waals surface area (Å²) in [6, 6.07) is 0. The molecule has 6 heteroatoms. The van der Waals surface area contributed by atoms with E-state index in [-0.39, 0.29) is 13.2 Å². The zero-order chi connectivity index (χ0) is 10.5. The number of ether oxygens (including phenoxy) is 2. The van der Waals surface area contributed by atoms with Crippen LogP contribution < -0.4 is 0 Å². The molecular formula is C7H16FO4P. The average molecular weight is 214 g/mol. The van der Waals surface area contributed by atoms with Crippen LogP contribution in [-0.4, -0.2) is 29.8 Å². The molecule has 1 N–H and O–H groups in total. The fraction of sp³-hybridized carbons (Fsp3) is 1.00. The molecule has 0 aliphatic rings. The van der Waals surface area contributed by atoms with E-state index < -0.39 is 19.7 Å². The Morgan fingerprint density at radius 1 is 1.46 bits per heavy atom. The summed E-state index contributed by atoms with van der Waals surface area (Å²) in [5.41, 5.74) is 0. The van der Waals surface area contributed by atoms with E-state index in [1.165, 1.54) is 6.92 Å². The SMILES string of the molecule is CCOC(C)(OCC)C(F)[PH](=O)O. The van der Waals surface area contributed by atoms with Gasteiger partial charge >= 0.3 is 0 Å². The molecule has 0 rings (SSSR count). The van der Waals surface area contributed by atoms with Crippen molar-refractivity contribution in [2.24, 2.45) is 0 Å². The fourth-order valence-corrected chi connectivity index (χ4v) is 1.60. The molecule has 2 atom stereocenters. The van der Waals surface area contributed by atoms with Crippen LogP contribution in [0.25, 0.3) is 0 Å². The van der Waals surface area contributed by atoms with Crippen molar-refractivity contribution in [1.29, 1.82) is 0 Å². The summed E-state index contributed by atoms with van der Waals surface area (Å²) in [7, 11) is -3.28. The maximum absolute atomic E-state index is 13.2. The van der Waals surface area contributed by atoms with Gasteiger partial charge in [0.15, 0.2) is 0 Å². The molecule has 2 unspecified atom stereocenters. The Morgan fingerprint density at radius 3 is 2.08 bits per heavy atom. The van der Waals surface area contributed by atoms with Gasteiger partial charge in [0.1, 0.15) is 0 Å². The quantitative estimate of drug-likeness (QED) is 0.538. The van der Waals surface area contributed by atoms with Crippen LogP contribution in [0.1, 0.15) is 20.8 Å². The molecule has 0 aliphatic heterocycles. The van der Waals surface area contributed by atoms with E-state index in [1.54, 1.807) is 13.8 Å². The summed E-state index contributed by atoms with van der Waals surface area (Å²) < 4.78 is 33.6. The Bertz CT molecular complexity index is 170. The maximum atomic E-state index is 13.2. The lowest BCUT2D eigenvalue weighted by Crippen LogP contribution is -2.40. The molecule has 0 heterocycles. The van der Waals surface area contributed by atoms with Crippen LogP contribution >= 0.6 is 8.03 Å². The zero-order valence-corrected chi connectivity index (χ0v) is 9.04. The highest BCUT2D eigenvalue weighted by atomic mass is 31.1. The van der Waals surface area contributed by atoms with Crippen molar-refractivity contribution in [3.05, 3.63) is 0 Å². The normalized spacial score (nSPS) is 17.0. The van der Waals surface area contributed by atoms with Crippen LogP contribution in [-0.2, 0) is 14.0 Å². The van der Waals surface area contributed by atoms with E-state index in [1.807, 2.05) is 0 Å². The lowest BCUT2D eigenvalue weighted by molar-refractivity contribution is -0.238. The average Bonchev–Trinajstić information content (AvgIpc) is 2.03. The van der Waals surface area contributed by atoms with Crippen LogP contribution in [0.5, 0.6) is 0 Å². The van der Waals surface area contributed by atoms with E-state index >= 15 is 0 Å². The second-order valence-corrected chi connectivity index (χ2v) is 3.77. The van der Waals surface area contributed by atoms with E-state index in [2.05, 4.69) is 0 Å². The second kappa shape index (κ2) is 5.70. The molecular weight excluding hydrogens is 198 g/mol. The molecule has 0 saturated heterocycles. The van der Waals surface area contributed by atoms with Gasteiger partial charge in [0.2, 0.25) is 19.7 Å². The van der Waals surface area contributed by atoms with Crippen molar-refractivity contribution in [2.45, 2.75) is 32.5 Å². The third-order valence-electron chi connectivity index (χ3n) is 1.54. The Labute approximate surface area is 77.9 Å². The summed E-state index contributed by atoms with van der Waals surface area (Å²) in [5.74, 6) is -3.59. The molecule has 0 aromatic heterocycles. The van der Waals surface area contributed by atoms with Crippen LogP contribution in [0.3, 0.4) is 0 Å². The number of alkyl halides is 1. The summed E-state index contributed by atoms with van der Waals surface area (Å²) in [6.45, 7) is 5.11. The van der Waals surface area contributed by atoms with Gasteiger partial charge < -0.3 is 14.4 Å². The standard InChI is InChI=1S/C7H16FO4P/c1-4-11-7(3,12-5-2)6(8)13(9)10/h6,13H,4-5H2,1-3H3,(H,9,10). The molecule has 4 nitrogen and oxygen atoms in total. The number of hydrogen-bond donors (Lipinski definition) is 1. The van der Waals surface area contributed by atoms with E-state index in [0.717, 1.165) is 0 Å². The lowest BCUT2D eigenvalue weighted by Gasteiger charge is -2.30. The highest BCUT2D eigenvalue weighted by Gasteiger charge is 2.39. The highest BCUT2D eigenvalue weighted by molar-refractivity contribution is 7.38. The highest BCUT2D eigenvalue weighted by Crippen LogP contribution is 2.36. The minimum Gasteiger partial charge on any atom is -0.347 e. The third-order valence-corrected chi connectivity index (χ3v) is 2.50. The van der Waals surface area contributed by atoms with Gasteiger partial charge in [0.25, 0.3) is 0 Å². The largest absolute Gasteiger partial charge is 0.347 e. The first-order valence-electron chi connectivity index (χ1n) is 4.12. The van der Waals surface area contributed by atoms with Gasteiger partial charge in [-0.2, -0.15) is 0 Å². The Kier molecular flexibility index (Phi) is 5.72. The molecule has 0 fully saturated rings. The van der Waals surface area contributed by atoms with Crippen molar-refractivity contribution in [1.82, 2.24) is 0 Å². The molecule has 0 aromatic rings. The molecule has 80 valence electrons. The lowest BCUT2D eigenvalue weighted by atomic mass is 10.3. The monoisotopic (exact) mass is 214 g/mol. The molecule has 0 saturated carbocycles. The summed E-state index contributed by atoms with van der Waals surface area (Å²) in [6.07, 6.45) is 0. The summed E-state index contributed by atoms with van der Waals surface area (Å²) in [5, 5.41) is 0. The first-order chi connectivity index (χ1) is 5.98. The first-order valence-corrected chi connectivity index (χ1v) is 5.56. The van der Waals surface area contributed by atoms with Crippen LogP contribution in [0.15, 0.2) is 0 Å². The first kappa shape index (κ1) is 13.0. The smallest absolute Gasteiger partial charge is 0.227 e. The van der Waals surface area contributed by atoms with Crippen LogP contribution in [0.4, 0.5) is 4.39 Å². The minimum atomic E-state index is -3.28. The van der Waals surface area contributed by atoms with E-state index in [0.29, 0.717) is 0 Å². The van der Waals surface area contributed by atoms with Crippen molar-refractivity contribution in [3.63, 3.8) is 0 Å². The van der Waals surface area contributed by atoms with Gasteiger partial charge in [-0.25, -0.2) is 4.39 Å². The molecule has 0 aliphatic carbocycles. The predicted molar refractivity (Wildman–Crippen MR) is 47.8 cm³/mol. The summed E-state index contributed by atoms with van der Waals surface area (Å²) in [4.78, 5) is 8.62. The number of halogens is 1. The Balaban J connectivity index is 4.45. The van der Waals surface area contributed by atoms with Gasteiger partial charge in [0.05, 0.1) is 0 Å². The van der Waals surface area contributed by atoms with Crippen LogP contribution in [0.2, 0.25) is 0 Å². The van der Waals surface area contributed by atoms with Crippen molar-refractivity contribution in [3.8, 4) is 0 Å². The predicted octanol–water partition coefficient (Wildman–Crippen LogP) is 1.54.